The van der Waals surface area contributed by atoms with Crippen LogP contribution in [0.3, 0.4) is 0 Å². The normalized spacial score (nSPS) is 23.5. The Balaban J connectivity index is 0.00000182. The summed E-state index contributed by atoms with van der Waals surface area (Å²) < 4.78 is 38.4. The van der Waals surface area contributed by atoms with Gasteiger partial charge in [-0.2, -0.15) is 13.2 Å². The molecule has 1 aliphatic heterocycles. The molecule has 154 valence electrons. The van der Waals surface area contributed by atoms with Crippen LogP contribution in [0.15, 0.2) is 24.3 Å². The zero-order valence-electron chi connectivity index (χ0n) is 15.0. The molecule has 1 aliphatic carbocycles. The second-order valence-corrected chi connectivity index (χ2v) is 7.07. The SMILES string of the molecule is Cl.Cl.N[C@@H]1CC[C@H](C(=O)N2CCN(Cc3cccc(C(F)(F)F)c3)CC2)C1. The van der Waals surface area contributed by atoms with Gasteiger partial charge in [0.1, 0.15) is 0 Å². The highest BCUT2D eigenvalue weighted by Gasteiger charge is 2.33. The predicted octanol–water partition coefficient (Wildman–Crippen LogP) is 3.32. The highest BCUT2D eigenvalue weighted by Crippen LogP contribution is 2.30. The fourth-order valence-corrected chi connectivity index (χ4v) is 3.73. The second-order valence-electron chi connectivity index (χ2n) is 7.07. The van der Waals surface area contributed by atoms with Gasteiger partial charge in [-0.3, -0.25) is 9.69 Å². The van der Waals surface area contributed by atoms with Crippen molar-refractivity contribution >= 4 is 30.7 Å². The van der Waals surface area contributed by atoms with E-state index >= 15 is 0 Å². The number of alkyl halides is 3. The zero-order chi connectivity index (χ0) is 18.0. The molecule has 1 heterocycles. The Morgan fingerprint density at radius 2 is 1.78 bits per heavy atom. The number of amides is 1. The molecule has 1 amide bonds. The lowest BCUT2D eigenvalue weighted by Crippen LogP contribution is -2.49. The van der Waals surface area contributed by atoms with Crippen molar-refractivity contribution < 1.29 is 18.0 Å². The highest BCUT2D eigenvalue weighted by molar-refractivity contribution is 5.85. The Morgan fingerprint density at radius 3 is 2.33 bits per heavy atom. The van der Waals surface area contributed by atoms with Gasteiger partial charge in [-0.05, 0) is 30.9 Å². The van der Waals surface area contributed by atoms with Gasteiger partial charge in [0, 0.05) is 44.7 Å². The Kier molecular flexibility index (Phi) is 8.86. The van der Waals surface area contributed by atoms with Crippen LogP contribution in [0.4, 0.5) is 13.2 Å². The smallest absolute Gasteiger partial charge is 0.340 e. The third-order valence-electron chi connectivity index (χ3n) is 5.17. The van der Waals surface area contributed by atoms with E-state index in [4.69, 9.17) is 5.73 Å². The molecular formula is C18H26Cl2F3N3O. The van der Waals surface area contributed by atoms with E-state index in [9.17, 15) is 18.0 Å². The first kappa shape index (κ1) is 24.0. The fraction of sp³-hybridized carbons (Fsp3) is 0.611. The summed E-state index contributed by atoms with van der Waals surface area (Å²) in [6.07, 6.45) is -1.77. The van der Waals surface area contributed by atoms with Crippen molar-refractivity contribution in [1.82, 2.24) is 9.80 Å². The average molecular weight is 428 g/mol. The molecule has 0 spiro atoms. The van der Waals surface area contributed by atoms with Crippen molar-refractivity contribution in [2.45, 2.75) is 38.0 Å². The van der Waals surface area contributed by atoms with E-state index in [-0.39, 0.29) is 42.7 Å². The molecule has 2 N–H and O–H groups in total. The number of piperazine rings is 1. The quantitative estimate of drug-likeness (QED) is 0.804. The van der Waals surface area contributed by atoms with Crippen molar-refractivity contribution in [2.24, 2.45) is 11.7 Å². The maximum atomic E-state index is 12.8. The minimum atomic E-state index is -4.32. The summed E-state index contributed by atoms with van der Waals surface area (Å²) in [6.45, 7) is 3.09. The first-order valence-corrected chi connectivity index (χ1v) is 8.76. The molecule has 0 radical (unpaired) electrons. The summed E-state index contributed by atoms with van der Waals surface area (Å²) in [5, 5.41) is 0. The zero-order valence-corrected chi connectivity index (χ0v) is 16.6. The summed E-state index contributed by atoms with van der Waals surface area (Å²) in [5.41, 5.74) is 5.92. The molecule has 1 aromatic carbocycles. The average Bonchev–Trinajstić information content (AvgIpc) is 3.01. The molecule has 3 rings (SSSR count). The fourth-order valence-electron chi connectivity index (χ4n) is 3.73. The molecule has 4 nitrogen and oxygen atoms in total. The first-order chi connectivity index (χ1) is 11.8. The lowest BCUT2D eigenvalue weighted by atomic mass is 10.1. The number of hydrogen-bond acceptors (Lipinski definition) is 3. The van der Waals surface area contributed by atoms with Gasteiger partial charge in [-0.15, -0.1) is 24.8 Å². The molecule has 1 saturated carbocycles. The van der Waals surface area contributed by atoms with Crippen LogP contribution in [0.25, 0.3) is 0 Å². The number of rotatable bonds is 3. The van der Waals surface area contributed by atoms with Gasteiger partial charge in [0.25, 0.3) is 0 Å². The third-order valence-corrected chi connectivity index (χ3v) is 5.17. The van der Waals surface area contributed by atoms with E-state index in [0.717, 1.165) is 25.3 Å². The second kappa shape index (κ2) is 9.96. The molecule has 0 bridgehead atoms. The van der Waals surface area contributed by atoms with E-state index in [0.29, 0.717) is 38.3 Å². The van der Waals surface area contributed by atoms with Crippen LogP contribution in [-0.4, -0.2) is 47.9 Å². The number of carbonyl (C=O) groups is 1. The molecule has 2 aliphatic rings. The number of nitrogens with two attached hydrogens (primary N) is 1. The van der Waals surface area contributed by atoms with E-state index < -0.39 is 11.7 Å². The Morgan fingerprint density at radius 1 is 1.11 bits per heavy atom. The molecule has 1 aromatic rings. The summed E-state index contributed by atoms with van der Waals surface area (Å²) in [6, 6.07) is 5.59. The molecule has 1 saturated heterocycles. The molecule has 0 aromatic heterocycles. The third kappa shape index (κ3) is 6.24. The van der Waals surface area contributed by atoms with Crippen molar-refractivity contribution in [1.29, 1.82) is 0 Å². The minimum Gasteiger partial charge on any atom is -0.340 e. The Labute approximate surface area is 170 Å². The van der Waals surface area contributed by atoms with Crippen LogP contribution in [-0.2, 0) is 17.5 Å². The van der Waals surface area contributed by atoms with Gasteiger partial charge in [-0.25, -0.2) is 0 Å². The lowest BCUT2D eigenvalue weighted by Gasteiger charge is -2.36. The van der Waals surface area contributed by atoms with Gasteiger partial charge in [-0.1, -0.05) is 18.2 Å². The number of hydrogen-bond donors (Lipinski definition) is 1. The van der Waals surface area contributed by atoms with E-state index in [1.165, 1.54) is 12.1 Å². The van der Waals surface area contributed by atoms with Crippen molar-refractivity contribution in [3.63, 3.8) is 0 Å². The van der Waals surface area contributed by atoms with Crippen molar-refractivity contribution in [2.75, 3.05) is 26.2 Å². The Bertz CT molecular complexity index is 622. The Hall–Kier alpha value is -1.02. The lowest BCUT2D eigenvalue weighted by molar-refractivity contribution is -0.138. The standard InChI is InChI=1S/C18H24F3N3O.2ClH/c19-18(20,21)15-3-1-2-13(10-15)12-23-6-8-24(9-7-23)17(25)14-4-5-16(22)11-14;;/h1-3,10,14,16H,4-9,11-12,22H2;2*1H/t14-,16+;;/m0../s1. The minimum absolute atomic E-state index is 0. The molecule has 2 atom stereocenters. The molecule has 0 unspecified atom stereocenters. The van der Waals surface area contributed by atoms with Crippen LogP contribution in [0.2, 0.25) is 0 Å². The molecule has 9 heteroatoms. The van der Waals surface area contributed by atoms with Gasteiger partial charge in [0.05, 0.1) is 5.56 Å². The first-order valence-electron chi connectivity index (χ1n) is 8.76. The highest BCUT2D eigenvalue weighted by atomic mass is 35.5. The monoisotopic (exact) mass is 427 g/mol. The van der Waals surface area contributed by atoms with Gasteiger partial charge in [0.2, 0.25) is 5.91 Å². The van der Waals surface area contributed by atoms with Gasteiger partial charge < -0.3 is 10.6 Å². The van der Waals surface area contributed by atoms with Gasteiger partial charge >= 0.3 is 6.18 Å². The van der Waals surface area contributed by atoms with Crippen LogP contribution >= 0.6 is 24.8 Å². The van der Waals surface area contributed by atoms with Crippen molar-refractivity contribution in [3.8, 4) is 0 Å². The van der Waals surface area contributed by atoms with Crippen LogP contribution < -0.4 is 5.73 Å². The number of benzene rings is 1. The number of halogens is 5. The predicted molar refractivity (Wildman–Crippen MR) is 103 cm³/mol. The van der Waals surface area contributed by atoms with Crippen LogP contribution in [0, 0.1) is 5.92 Å². The summed E-state index contributed by atoms with van der Waals surface area (Å²) >= 11 is 0. The van der Waals surface area contributed by atoms with E-state index in [1.807, 2.05) is 4.90 Å². The molecule has 27 heavy (non-hydrogen) atoms. The summed E-state index contributed by atoms with van der Waals surface area (Å²) in [5.74, 6) is 0.233. The summed E-state index contributed by atoms with van der Waals surface area (Å²) in [7, 11) is 0. The van der Waals surface area contributed by atoms with Crippen LogP contribution in [0.1, 0.15) is 30.4 Å². The van der Waals surface area contributed by atoms with Crippen molar-refractivity contribution in [3.05, 3.63) is 35.4 Å². The van der Waals surface area contributed by atoms with E-state index in [2.05, 4.69) is 4.90 Å². The number of nitrogens with zero attached hydrogens (tertiary/aromatic N) is 2. The maximum absolute atomic E-state index is 12.8. The van der Waals surface area contributed by atoms with Gasteiger partial charge in [0.15, 0.2) is 0 Å². The van der Waals surface area contributed by atoms with Crippen LogP contribution in [0.5, 0.6) is 0 Å². The largest absolute Gasteiger partial charge is 0.416 e. The number of carbonyl (C=O) groups excluding carboxylic acids is 1. The molecular weight excluding hydrogens is 402 g/mol. The maximum Gasteiger partial charge on any atom is 0.416 e. The topological polar surface area (TPSA) is 49.6 Å². The molecule has 2 fully saturated rings. The summed E-state index contributed by atoms with van der Waals surface area (Å²) in [4.78, 5) is 16.5. The van der Waals surface area contributed by atoms with E-state index in [1.54, 1.807) is 6.07 Å².